The van der Waals surface area contributed by atoms with E-state index in [1.165, 1.54) is 0 Å². The summed E-state index contributed by atoms with van der Waals surface area (Å²) in [5.41, 5.74) is 4.58. The molecule has 0 bridgehead atoms. The van der Waals surface area contributed by atoms with Crippen molar-refractivity contribution in [1.29, 1.82) is 5.26 Å². The van der Waals surface area contributed by atoms with E-state index in [4.69, 9.17) is 9.68 Å². The maximum atomic E-state index is 12.7. The monoisotopic (exact) mass is 394 g/mol. The van der Waals surface area contributed by atoms with Crippen molar-refractivity contribution in [3.05, 3.63) is 95.4 Å². The Kier molecular flexibility index (Phi) is 5.35. The fraction of sp³-hybridized carbons (Fsp3) is 0.0833. The zero-order chi connectivity index (χ0) is 20.9. The van der Waals surface area contributed by atoms with Gasteiger partial charge in [0.2, 0.25) is 0 Å². The molecule has 0 amide bonds. The molecule has 4 aromatic rings. The third kappa shape index (κ3) is 4.26. The summed E-state index contributed by atoms with van der Waals surface area (Å²) in [7, 11) is 0. The molecule has 0 atom stereocenters. The van der Waals surface area contributed by atoms with Crippen LogP contribution in [0.5, 0.6) is 0 Å². The lowest BCUT2D eigenvalue weighted by atomic mass is 10.0. The van der Waals surface area contributed by atoms with Crippen LogP contribution in [-0.4, -0.2) is 15.8 Å². The Morgan fingerprint density at radius 3 is 2.70 bits per heavy atom. The SMILES string of the molecule is Cc1ccc(C(=O)Cc2ccc(C#N)cc2)cc1Nc1ncc(-c2cccnc2)o1. The first-order valence-corrected chi connectivity index (χ1v) is 9.38. The standard InChI is InChI=1S/C24H18N4O2/c1-16-4-9-19(22(29)11-17-5-7-18(13-25)8-6-17)12-21(16)28-24-27-15-23(30-24)20-3-2-10-26-14-20/h2-10,12,14-15H,11H2,1H3,(H,27,28). The van der Waals surface area contributed by atoms with E-state index in [0.717, 1.165) is 22.4 Å². The van der Waals surface area contributed by atoms with Crippen LogP contribution in [0.4, 0.5) is 11.7 Å². The average molecular weight is 394 g/mol. The van der Waals surface area contributed by atoms with Gasteiger partial charge in [-0.3, -0.25) is 9.78 Å². The minimum atomic E-state index is -0.00814. The van der Waals surface area contributed by atoms with Gasteiger partial charge in [-0.05, 0) is 48.4 Å². The van der Waals surface area contributed by atoms with Gasteiger partial charge in [-0.15, -0.1) is 0 Å². The van der Waals surface area contributed by atoms with E-state index in [0.29, 0.717) is 22.9 Å². The van der Waals surface area contributed by atoms with Gasteiger partial charge in [-0.25, -0.2) is 4.98 Å². The molecule has 0 radical (unpaired) electrons. The third-order valence-electron chi connectivity index (χ3n) is 4.70. The molecule has 0 aliphatic carbocycles. The number of rotatable bonds is 6. The molecule has 0 saturated heterocycles. The molecule has 2 aromatic heterocycles. The molecule has 30 heavy (non-hydrogen) atoms. The highest BCUT2D eigenvalue weighted by Gasteiger charge is 2.12. The number of nitrogens with zero attached hydrogens (tertiary/aromatic N) is 3. The summed E-state index contributed by atoms with van der Waals surface area (Å²) in [6.07, 6.45) is 5.30. The van der Waals surface area contributed by atoms with Crippen LogP contribution >= 0.6 is 0 Å². The molecule has 1 N–H and O–H groups in total. The Bertz CT molecular complexity index is 1220. The molecule has 4 rings (SSSR count). The molecule has 2 aromatic carbocycles. The van der Waals surface area contributed by atoms with Crippen LogP contribution in [0.25, 0.3) is 11.3 Å². The number of carbonyl (C=O) groups is 1. The maximum Gasteiger partial charge on any atom is 0.299 e. The van der Waals surface area contributed by atoms with Gasteiger partial charge in [0.25, 0.3) is 6.01 Å². The van der Waals surface area contributed by atoms with Crippen molar-refractivity contribution < 1.29 is 9.21 Å². The summed E-state index contributed by atoms with van der Waals surface area (Å²) in [6, 6.07) is 18.7. The third-order valence-corrected chi connectivity index (χ3v) is 4.70. The summed E-state index contributed by atoms with van der Waals surface area (Å²) in [4.78, 5) is 21.1. The highest BCUT2D eigenvalue weighted by atomic mass is 16.4. The van der Waals surface area contributed by atoms with E-state index in [1.807, 2.05) is 31.2 Å². The molecule has 6 nitrogen and oxygen atoms in total. The second kappa shape index (κ2) is 8.41. The molecule has 0 aliphatic heterocycles. The number of benzene rings is 2. The summed E-state index contributed by atoms with van der Waals surface area (Å²) in [5.74, 6) is 0.600. The number of anilines is 2. The van der Waals surface area contributed by atoms with Crippen LogP contribution in [0.3, 0.4) is 0 Å². The van der Waals surface area contributed by atoms with Gasteiger partial charge in [0.1, 0.15) is 0 Å². The summed E-state index contributed by atoms with van der Waals surface area (Å²) < 4.78 is 5.77. The van der Waals surface area contributed by atoms with Gasteiger partial charge in [0.15, 0.2) is 11.5 Å². The Morgan fingerprint density at radius 2 is 1.97 bits per heavy atom. The molecule has 0 spiro atoms. The van der Waals surface area contributed by atoms with Gasteiger partial charge >= 0.3 is 0 Å². The predicted molar refractivity (Wildman–Crippen MR) is 113 cm³/mol. The largest absolute Gasteiger partial charge is 0.423 e. The van der Waals surface area contributed by atoms with E-state index in [-0.39, 0.29) is 12.2 Å². The van der Waals surface area contributed by atoms with Crippen molar-refractivity contribution in [2.24, 2.45) is 0 Å². The smallest absolute Gasteiger partial charge is 0.299 e. The van der Waals surface area contributed by atoms with Crippen LogP contribution in [0, 0.1) is 18.3 Å². The molecule has 146 valence electrons. The highest BCUT2D eigenvalue weighted by molar-refractivity contribution is 5.98. The number of ketones is 1. The zero-order valence-electron chi connectivity index (χ0n) is 16.3. The van der Waals surface area contributed by atoms with Crippen LogP contribution in [0.2, 0.25) is 0 Å². The van der Waals surface area contributed by atoms with Crippen LogP contribution in [0.1, 0.15) is 27.0 Å². The Labute approximate surface area is 173 Å². The molecule has 0 unspecified atom stereocenters. The molecule has 0 aliphatic rings. The first-order chi connectivity index (χ1) is 14.6. The number of oxazole rings is 1. The molecule has 0 saturated carbocycles. The average Bonchev–Trinajstić information content (AvgIpc) is 3.25. The predicted octanol–water partition coefficient (Wildman–Crippen LogP) is 5.09. The Morgan fingerprint density at radius 1 is 1.13 bits per heavy atom. The summed E-state index contributed by atoms with van der Waals surface area (Å²) in [5, 5.41) is 12.0. The van der Waals surface area contributed by atoms with E-state index < -0.39 is 0 Å². The number of nitriles is 1. The maximum absolute atomic E-state index is 12.7. The number of aryl methyl sites for hydroxylation is 1. The molecule has 2 heterocycles. The second-order valence-electron chi connectivity index (χ2n) is 6.83. The lowest BCUT2D eigenvalue weighted by Crippen LogP contribution is -2.05. The van der Waals surface area contributed by atoms with Crippen LogP contribution in [-0.2, 0) is 6.42 Å². The van der Waals surface area contributed by atoms with Gasteiger partial charge < -0.3 is 9.73 Å². The fourth-order valence-electron chi connectivity index (χ4n) is 3.00. The minimum absolute atomic E-state index is 0.00814. The number of Topliss-reactive ketones (excluding diaryl/α,β-unsaturated/α-hetero) is 1. The zero-order valence-corrected chi connectivity index (χ0v) is 16.3. The number of carbonyl (C=O) groups excluding carboxylic acids is 1. The van der Waals surface area contributed by atoms with Crippen molar-refractivity contribution in [2.45, 2.75) is 13.3 Å². The van der Waals surface area contributed by atoms with Crippen molar-refractivity contribution >= 4 is 17.5 Å². The molecule has 6 heteroatoms. The van der Waals surface area contributed by atoms with Crippen molar-refractivity contribution in [1.82, 2.24) is 9.97 Å². The molecular weight excluding hydrogens is 376 g/mol. The number of nitrogens with one attached hydrogen (secondary N) is 1. The van der Waals surface area contributed by atoms with Crippen LogP contribution in [0.15, 0.2) is 77.6 Å². The lowest BCUT2D eigenvalue weighted by molar-refractivity contribution is 0.0993. The van der Waals surface area contributed by atoms with Gasteiger partial charge in [-0.1, -0.05) is 24.3 Å². The van der Waals surface area contributed by atoms with E-state index >= 15 is 0 Å². The number of pyridine rings is 1. The summed E-state index contributed by atoms with van der Waals surface area (Å²) >= 11 is 0. The Hall–Kier alpha value is -4.24. The van der Waals surface area contributed by atoms with E-state index in [1.54, 1.807) is 48.9 Å². The fourth-order valence-corrected chi connectivity index (χ4v) is 3.00. The number of aromatic nitrogens is 2. The first kappa shape index (κ1) is 19.1. The highest BCUT2D eigenvalue weighted by Crippen LogP contribution is 2.26. The van der Waals surface area contributed by atoms with Crippen LogP contribution < -0.4 is 5.32 Å². The van der Waals surface area contributed by atoms with Crippen molar-refractivity contribution in [3.63, 3.8) is 0 Å². The molecule has 0 fully saturated rings. The molecular formula is C24H18N4O2. The lowest BCUT2D eigenvalue weighted by Gasteiger charge is -2.09. The normalized spacial score (nSPS) is 10.4. The summed E-state index contributed by atoms with van der Waals surface area (Å²) in [6.45, 7) is 1.95. The van der Waals surface area contributed by atoms with Crippen molar-refractivity contribution in [2.75, 3.05) is 5.32 Å². The number of hydrogen-bond donors (Lipinski definition) is 1. The van der Waals surface area contributed by atoms with E-state index in [9.17, 15) is 4.79 Å². The van der Waals surface area contributed by atoms with Crippen molar-refractivity contribution in [3.8, 4) is 17.4 Å². The van der Waals surface area contributed by atoms with E-state index in [2.05, 4.69) is 21.4 Å². The first-order valence-electron chi connectivity index (χ1n) is 9.38. The van der Waals surface area contributed by atoms with Gasteiger partial charge in [0.05, 0.1) is 17.8 Å². The Balaban J connectivity index is 1.51. The second-order valence-corrected chi connectivity index (χ2v) is 6.83. The topological polar surface area (TPSA) is 91.8 Å². The minimum Gasteiger partial charge on any atom is -0.423 e. The van der Waals surface area contributed by atoms with Gasteiger partial charge in [-0.2, -0.15) is 5.26 Å². The quantitative estimate of drug-likeness (QED) is 0.458. The number of hydrogen-bond acceptors (Lipinski definition) is 6. The van der Waals surface area contributed by atoms with Gasteiger partial charge in [0, 0.05) is 35.6 Å².